The second-order valence-corrected chi connectivity index (χ2v) is 7.59. The SMILES string of the molecule is COc1cc(/C=N\NC(=O)CSc2nc3ccccc3[nH]2)cc(Br)c1OC(C)=O. The largest absolute Gasteiger partial charge is 0.493 e. The maximum absolute atomic E-state index is 12.0. The molecule has 0 saturated carbocycles. The molecule has 2 aromatic carbocycles. The minimum Gasteiger partial charge on any atom is -0.493 e. The number of nitrogens with one attached hydrogen (secondary N) is 2. The molecule has 10 heteroatoms. The Kier molecular flexibility index (Phi) is 6.89. The highest BCUT2D eigenvalue weighted by Gasteiger charge is 2.13. The number of methoxy groups -OCH3 is 1. The first-order valence-corrected chi connectivity index (χ1v) is 10.2. The van der Waals surface area contributed by atoms with Crippen molar-refractivity contribution in [2.75, 3.05) is 12.9 Å². The summed E-state index contributed by atoms with van der Waals surface area (Å²) in [6, 6.07) is 11.0. The van der Waals surface area contributed by atoms with E-state index < -0.39 is 5.97 Å². The van der Waals surface area contributed by atoms with Crippen molar-refractivity contribution >= 4 is 56.8 Å². The van der Waals surface area contributed by atoms with Crippen LogP contribution in [0.25, 0.3) is 11.0 Å². The van der Waals surface area contributed by atoms with Crippen LogP contribution in [0.4, 0.5) is 0 Å². The molecule has 29 heavy (non-hydrogen) atoms. The number of fused-ring (bicyclic) bond motifs is 1. The van der Waals surface area contributed by atoms with Crippen molar-refractivity contribution < 1.29 is 19.1 Å². The van der Waals surface area contributed by atoms with E-state index >= 15 is 0 Å². The van der Waals surface area contributed by atoms with Crippen LogP contribution in [0.1, 0.15) is 12.5 Å². The van der Waals surface area contributed by atoms with E-state index in [1.165, 1.54) is 32.0 Å². The van der Waals surface area contributed by atoms with E-state index in [4.69, 9.17) is 9.47 Å². The molecule has 0 spiro atoms. The van der Waals surface area contributed by atoms with Crippen molar-refractivity contribution in [3.05, 3.63) is 46.4 Å². The van der Waals surface area contributed by atoms with Gasteiger partial charge in [-0.05, 0) is 45.8 Å². The first-order chi connectivity index (χ1) is 14.0. The molecule has 3 aromatic rings. The molecule has 0 unspecified atom stereocenters. The molecule has 0 saturated heterocycles. The van der Waals surface area contributed by atoms with Gasteiger partial charge in [-0.2, -0.15) is 5.10 Å². The van der Waals surface area contributed by atoms with Gasteiger partial charge in [-0.3, -0.25) is 9.59 Å². The van der Waals surface area contributed by atoms with Gasteiger partial charge in [0, 0.05) is 6.92 Å². The lowest BCUT2D eigenvalue weighted by Crippen LogP contribution is -2.19. The molecule has 0 atom stereocenters. The summed E-state index contributed by atoms with van der Waals surface area (Å²) in [6.45, 7) is 1.31. The number of esters is 1. The first-order valence-electron chi connectivity index (χ1n) is 8.41. The summed E-state index contributed by atoms with van der Waals surface area (Å²) in [4.78, 5) is 30.8. The molecule has 150 valence electrons. The van der Waals surface area contributed by atoms with Crippen LogP contribution in [-0.2, 0) is 9.59 Å². The predicted molar refractivity (Wildman–Crippen MR) is 115 cm³/mol. The molecule has 1 amide bonds. The van der Waals surface area contributed by atoms with E-state index in [1.54, 1.807) is 12.1 Å². The van der Waals surface area contributed by atoms with E-state index in [0.717, 1.165) is 11.0 Å². The van der Waals surface area contributed by atoms with Gasteiger partial charge in [0.2, 0.25) is 0 Å². The second-order valence-electron chi connectivity index (χ2n) is 5.77. The third kappa shape index (κ3) is 5.58. The monoisotopic (exact) mass is 476 g/mol. The van der Waals surface area contributed by atoms with Crippen LogP contribution in [-0.4, -0.2) is 40.9 Å². The van der Waals surface area contributed by atoms with Gasteiger partial charge in [-0.15, -0.1) is 0 Å². The minimum atomic E-state index is -0.459. The molecule has 0 radical (unpaired) electrons. The molecule has 2 N–H and O–H groups in total. The number of hydrogen-bond acceptors (Lipinski definition) is 7. The second kappa shape index (κ2) is 9.57. The van der Waals surface area contributed by atoms with Gasteiger partial charge in [0.1, 0.15) is 0 Å². The van der Waals surface area contributed by atoms with Crippen molar-refractivity contribution in [3.63, 3.8) is 0 Å². The Morgan fingerprint density at radius 1 is 1.34 bits per heavy atom. The predicted octanol–water partition coefficient (Wildman–Crippen LogP) is 3.50. The number of imidazole rings is 1. The number of ether oxygens (including phenoxy) is 2. The molecule has 1 heterocycles. The zero-order valence-electron chi connectivity index (χ0n) is 15.6. The number of H-pyrrole nitrogens is 1. The fourth-order valence-electron chi connectivity index (χ4n) is 2.40. The standard InChI is InChI=1S/C19H17BrN4O4S/c1-11(25)28-18-13(20)7-12(8-16(18)27-2)9-21-24-17(26)10-29-19-22-14-5-3-4-6-15(14)23-19/h3-9H,10H2,1-2H3,(H,22,23)(H,24,26)/b21-9-. The normalized spacial score (nSPS) is 11.0. The van der Waals surface area contributed by atoms with Crippen molar-refractivity contribution in [2.24, 2.45) is 5.10 Å². The molecule has 8 nitrogen and oxygen atoms in total. The van der Waals surface area contributed by atoms with E-state index in [0.29, 0.717) is 20.9 Å². The molecule has 3 rings (SSSR count). The summed E-state index contributed by atoms with van der Waals surface area (Å²) in [7, 11) is 1.47. The Morgan fingerprint density at radius 2 is 2.14 bits per heavy atom. The van der Waals surface area contributed by atoms with Crippen molar-refractivity contribution in [2.45, 2.75) is 12.1 Å². The quantitative estimate of drug-likeness (QED) is 0.177. The van der Waals surface area contributed by atoms with Crippen LogP contribution in [0.15, 0.2) is 51.1 Å². The molecule has 1 aromatic heterocycles. The number of hydrazone groups is 1. The molecule has 0 aliphatic heterocycles. The van der Waals surface area contributed by atoms with Crippen LogP contribution >= 0.6 is 27.7 Å². The van der Waals surface area contributed by atoms with Gasteiger partial charge >= 0.3 is 5.97 Å². The van der Waals surface area contributed by atoms with Crippen LogP contribution in [0, 0.1) is 0 Å². The van der Waals surface area contributed by atoms with Gasteiger partial charge in [-0.25, -0.2) is 10.4 Å². The van der Waals surface area contributed by atoms with E-state index in [2.05, 4.69) is 36.4 Å². The minimum absolute atomic E-state index is 0.162. The zero-order chi connectivity index (χ0) is 20.8. The van der Waals surface area contributed by atoms with Crippen LogP contribution < -0.4 is 14.9 Å². The van der Waals surface area contributed by atoms with Gasteiger partial charge in [0.15, 0.2) is 16.7 Å². The zero-order valence-corrected chi connectivity index (χ0v) is 18.0. The number of amides is 1. The third-order valence-electron chi connectivity index (χ3n) is 3.61. The van der Waals surface area contributed by atoms with Crippen molar-refractivity contribution in [1.29, 1.82) is 0 Å². The topological polar surface area (TPSA) is 106 Å². The average Bonchev–Trinajstić information content (AvgIpc) is 3.11. The number of nitrogens with zero attached hydrogens (tertiary/aromatic N) is 2. The highest BCUT2D eigenvalue weighted by atomic mass is 79.9. The first kappa shape index (κ1) is 20.9. The molecule has 0 aliphatic carbocycles. The lowest BCUT2D eigenvalue weighted by molar-refractivity contribution is -0.132. The highest BCUT2D eigenvalue weighted by Crippen LogP contribution is 2.36. The fraction of sp³-hybridized carbons (Fsp3) is 0.158. The van der Waals surface area contributed by atoms with Gasteiger partial charge < -0.3 is 14.5 Å². The Bertz CT molecular complexity index is 1050. The number of carbonyl (C=O) groups excluding carboxylic acids is 2. The summed E-state index contributed by atoms with van der Waals surface area (Å²) in [6.07, 6.45) is 1.47. The number of thioether (sulfide) groups is 1. The molecular formula is C19H17BrN4O4S. The number of benzene rings is 2. The number of hydrogen-bond donors (Lipinski definition) is 2. The van der Waals surface area contributed by atoms with Gasteiger partial charge in [0.25, 0.3) is 5.91 Å². The lowest BCUT2D eigenvalue weighted by Gasteiger charge is -2.10. The number of halogens is 1. The molecule has 0 bridgehead atoms. The average molecular weight is 477 g/mol. The Hall–Kier alpha value is -2.85. The number of aromatic amines is 1. The molecule has 0 aliphatic rings. The number of para-hydroxylation sites is 2. The van der Waals surface area contributed by atoms with Crippen LogP contribution in [0.5, 0.6) is 11.5 Å². The number of rotatable bonds is 7. The molecular weight excluding hydrogens is 460 g/mol. The highest BCUT2D eigenvalue weighted by molar-refractivity contribution is 9.10. The van der Waals surface area contributed by atoms with Gasteiger partial charge in [-0.1, -0.05) is 23.9 Å². The van der Waals surface area contributed by atoms with E-state index in [-0.39, 0.29) is 17.4 Å². The van der Waals surface area contributed by atoms with Gasteiger partial charge in [0.05, 0.1) is 34.6 Å². The fourth-order valence-corrected chi connectivity index (χ4v) is 3.62. The summed E-state index contributed by atoms with van der Waals surface area (Å²) in [5.41, 5.74) is 4.89. The third-order valence-corrected chi connectivity index (χ3v) is 5.07. The molecule has 0 fully saturated rings. The van der Waals surface area contributed by atoms with Crippen LogP contribution in [0.2, 0.25) is 0 Å². The van der Waals surface area contributed by atoms with Crippen LogP contribution in [0.3, 0.4) is 0 Å². The summed E-state index contributed by atoms with van der Waals surface area (Å²) >= 11 is 4.62. The van der Waals surface area contributed by atoms with E-state index in [9.17, 15) is 9.59 Å². The Labute approximate surface area is 179 Å². The van der Waals surface area contributed by atoms with Crippen molar-refractivity contribution in [1.82, 2.24) is 15.4 Å². The maximum atomic E-state index is 12.0. The van der Waals surface area contributed by atoms with E-state index in [1.807, 2.05) is 24.3 Å². The maximum Gasteiger partial charge on any atom is 0.308 e. The Morgan fingerprint density at radius 3 is 2.86 bits per heavy atom. The summed E-state index contributed by atoms with van der Waals surface area (Å²) in [5.74, 6) is 0.0790. The summed E-state index contributed by atoms with van der Waals surface area (Å²) in [5, 5.41) is 4.62. The van der Waals surface area contributed by atoms with Crippen molar-refractivity contribution in [3.8, 4) is 11.5 Å². The smallest absolute Gasteiger partial charge is 0.308 e. The number of aromatic nitrogens is 2. The summed E-state index contributed by atoms with van der Waals surface area (Å²) < 4.78 is 10.9. The Balaban J connectivity index is 1.58. The lowest BCUT2D eigenvalue weighted by atomic mass is 10.2. The number of carbonyl (C=O) groups is 2.